The largest absolute Gasteiger partial charge is 0.381 e. The lowest BCUT2D eigenvalue weighted by Gasteiger charge is -2.32. The van der Waals surface area contributed by atoms with Crippen molar-refractivity contribution in [2.45, 2.75) is 24.9 Å². The van der Waals surface area contributed by atoms with Crippen molar-refractivity contribution in [3.63, 3.8) is 0 Å². The fourth-order valence-corrected chi connectivity index (χ4v) is 4.67. The van der Waals surface area contributed by atoms with E-state index in [4.69, 9.17) is 9.47 Å². The van der Waals surface area contributed by atoms with Gasteiger partial charge in [0.1, 0.15) is 0 Å². The van der Waals surface area contributed by atoms with Gasteiger partial charge in [0.15, 0.2) is 0 Å². The molecule has 6 heteroatoms. The zero-order valence-electron chi connectivity index (χ0n) is 16.6. The first-order valence-corrected chi connectivity index (χ1v) is 9.87. The SMILES string of the molecule is COCc1ccc(-c2ccc3ncc4c(c3c2)C2(CCOCC2)C(=O)N4C)cn1. The highest BCUT2D eigenvalue weighted by Gasteiger charge is 2.51. The molecule has 0 saturated carbocycles. The third-order valence-corrected chi connectivity index (χ3v) is 6.20. The number of methoxy groups -OCH3 is 1. The summed E-state index contributed by atoms with van der Waals surface area (Å²) in [4.78, 5) is 24.1. The molecule has 0 unspecified atom stereocenters. The highest BCUT2D eigenvalue weighted by molar-refractivity contribution is 6.12. The quantitative estimate of drug-likeness (QED) is 0.686. The average Bonchev–Trinajstić information content (AvgIpc) is 2.97. The van der Waals surface area contributed by atoms with Gasteiger partial charge in [-0.15, -0.1) is 0 Å². The van der Waals surface area contributed by atoms with Gasteiger partial charge in [-0.1, -0.05) is 12.1 Å². The summed E-state index contributed by atoms with van der Waals surface area (Å²) < 4.78 is 10.7. The minimum absolute atomic E-state index is 0.154. The Morgan fingerprint density at radius 3 is 2.62 bits per heavy atom. The molecule has 148 valence electrons. The molecule has 6 nitrogen and oxygen atoms in total. The van der Waals surface area contributed by atoms with E-state index >= 15 is 0 Å². The van der Waals surface area contributed by atoms with Crippen molar-refractivity contribution >= 4 is 22.5 Å². The summed E-state index contributed by atoms with van der Waals surface area (Å²) in [6, 6.07) is 10.3. The predicted octanol–water partition coefficient (Wildman–Crippen LogP) is 3.47. The molecule has 5 rings (SSSR count). The van der Waals surface area contributed by atoms with Gasteiger partial charge in [-0.05, 0) is 36.6 Å². The number of carbonyl (C=O) groups excluding carboxylic acids is 1. The summed E-state index contributed by atoms with van der Waals surface area (Å²) in [5, 5.41) is 1.04. The van der Waals surface area contributed by atoms with Crippen LogP contribution >= 0.6 is 0 Å². The van der Waals surface area contributed by atoms with Crippen LogP contribution in [-0.4, -0.2) is 43.2 Å². The Balaban J connectivity index is 1.68. The molecule has 2 aliphatic rings. The smallest absolute Gasteiger partial charge is 0.237 e. The molecule has 0 N–H and O–H groups in total. The maximum Gasteiger partial charge on any atom is 0.237 e. The number of anilines is 1. The van der Waals surface area contributed by atoms with Crippen molar-refractivity contribution in [3.8, 4) is 11.1 Å². The highest BCUT2D eigenvalue weighted by atomic mass is 16.5. The van der Waals surface area contributed by atoms with Crippen molar-refractivity contribution in [3.05, 3.63) is 54.0 Å². The van der Waals surface area contributed by atoms with Crippen LogP contribution in [0.2, 0.25) is 0 Å². The summed E-state index contributed by atoms with van der Waals surface area (Å²) in [6.45, 7) is 1.70. The average molecular weight is 389 g/mol. The van der Waals surface area contributed by atoms with Gasteiger partial charge < -0.3 is 14.4 Å². The van der Waals surface area contributed by atoms with Crippen molar-refractivity contribution in [2.75, 3.05) is 32.3 Å². The van der Waals surface area contributed by atoms with E-state index in [1.54, 1.807) is 12.0 Å². The number of ether oxygens (including phenoxy) is 2. The molecule has 0 radical (unpaired) electrons. The van der Waals surface area contributed by atoms with E-state index in [1.165, 1.54) is 0 Å². The molecular formula is C23H23N3O3. The van der Waals surface area contributed by atoms with Crippen LogP contribution in [-0.2, 0) is 26.3 Å². The molecule has 1 spiro atoms. The second kappa shape index (κ2) is 6.90. The second-order valence-corrected chi connectivity index (χ2v) is 7.78. The van der Waals surface area contributed by atoms with Gasteiger partial charge in [-0.25, -0.2) is 0 Å². The molecule has 2 aromatic heterocycles. The maximum absolute atomic E-state index is 13.3. The van der Waals surface area contributed by atoms with E-state index in [1.807, 2.05) is 31.6 Å². The number of aromatic nitrogens is 2. The van der Waals surface area contributed by atoms with Crippen molar-refractivity contribution in [1.29, 1.82) is 0 Å². The molecule has 1 saturated heterocycles. The van der Waals surface area contributed by atoms with Gasteiger partial charge in [0.25, 0.3) is 0 Å². The zero-order chi connectivity index (χ0) is 20.0. The number of nitrogens with zero attached hydrogens (tertiary/aromatic N) is 3. The number of likely N-dealkylation sites (N-methyl/N-ethyl adjacent to an activating group) is 1. The van der Waals surface area contributed by atoms with Crippen LogP contribution in [0.3, 0.4) is 0 Å². The number of carbonyl (C=O) groups is 1. The number of pyridine rings is 2. The van der Waals surface area contributed by atoms with Crippen molar-refractivity contribution in [2.24, 2.45) is 0 Å². The molecule has 0 bridgehead atoms. The summed E-state index contributed by atoms with van der Waals surface area (Å²) in [7, 11) is 3.51. The Morgan fingerprint density at radius 1 is 1.10 bits per heavy atom. The molecule has 29 heavy (non-hydrogen) atoms. The summed E-state index contributed by atoms with van der Waals surface area (Å²) in [5.74, 6) is 0.154. The number of fused-ring (bicyclic) bond motifs is 4. The van der Waals surface area contributed by atoms with Gasteiger partial charge in [-0.3, -0.25) is 14.8 Å². The molecule has 1 aromatic carbocycles. The van der Waals surface area contributed by atoms with Gasteiger partial charge >= 0.3 is 0 Å². The number of benzene rings is 1. The lowest BCUT2D eigenvalue weighted by Crippen LogP contribution is -2.43. The number of rotatable bonds is 3. The highest BCUT2D eigenvalue weighted by Crippen LogP contribution is 2.50. The molecule has 1 fully saturated rings. The topological polar surface area (TPSA) is 64.6 Å². The molecule has 0 aliphatic carbocycles. The maximum atomic E-state index is 13.3. The van der Waals surface area contributed by atoms with Crippen LogP contribution in [0.1, 0.15) is 24.1 Å². The van der Waals surface area contributed by atoms with Crippen LogP contribution in [0.4, 0.5) is 5.69 Å². The minimum Gasteiger partial charge on any atom is -0.381 e. The lowest BCUT2D eigenvalue weighted by atomic mass is 9.74. The van der Waals surface area contributed by atoms with Gasteiger partial charge in [-0.2, -0.15) is 0 Å². The van der Waals surface area contributed by atoms with Crippen LogP contribution < -0.4 is 4.90 Å². The van der Waals surface area contributed by atoms with Crippen LogP contribution in [0.15, 0.2) is 42.7 Å². The minimum atomic E-state index is -0.511. The molecular weight excluding hydrogens is 366 g/mol. The number of amides is 1. The van der Waals surface area contributed by atoms with Crippen LogP contribution in [0.5, 0.6) is 0 Å². The Kier molecular flexibility index (Phi) is 4.33. The van der Waals surface area contributed by atoms with Gasteiger partial charge in [0.2, 0.25) is 5.91 Å². The van der Waals surface area contributed by atoms with E-state index in [-0.39, 0.29) is 5.91 Å². The first-order valence-electron chi connectivity index (χ1n) is 9.87. The van der Waals surface area contributed by atoms with Gasteiger partial charge in [0, 0.05) is 50.1 Å². The molecule has 3 aromatic rings. The monoisotopic (exact) mass is 389 g/mol. The summed E-state index contributed by atoms with van der Waals surface area (Å²) in [6.07, 6.45) is 5.12. The zero-order valence-corrected chi connectivity index (χ0v) is 16.6. The Bertz CT molecular complexity index is 1090. The predicted molar refractivity (Wildman–Crippen MR) is 111 cm³/mol. The second-order valence-electron chi connectivity index (χ2n) is 7.78. The van der Waals surface area contributed by atoms with E-state index in [9.17, 15) is 4.79 Å². The normalized spacial score (nSPS) is 17.9. The van der Waals surface area contributed by atoms with E-state index in [0.29, 0.717) is 32.7 Å². The standard InChI is InChI=1S/C23H23N3O3/c1-26-20-13-25-19-6-4-15(16-3-5-17(14-28-2)24-12-16)11-18(19)21(20)23(22(26)27)7-9-29-10-8-23/h3-6,11-13H,7-10,14H2,1-2H3. The third kappa shape index (κ3) is 2.74. The summed E-state index contributed by atoms with van der Waals surface area (Å²) >= 11 is 0. The van der Waals surface area contributed by atoms with E-state index in [2.05, 4.69) is 28.2 Å². The van der Waals surface area contributed by atoms with Crippen molar-refractivity contribution in [1.82, 2.24) is 9.97 Å². The number of hydrogen-bond donors (Lipinski definition) is 0. The lowest BCUT2D eigenvalue weighted by molar-refractivity contribution is -0.126. The fraction of sp³-hybridized carbons (Fsp3) is 0.348. The Hall–Kier alpha value is -2.83. The Labute approximate surface area is 169 Å². The van der Waals surface area contributed by atoms with Crippen LogP contribution in [0.25, 0.3) is 22.0 Å². The van der Waals surface area contributed by atoms with Crippen molar-refractivity contribution < 1.29 is 14.3 Å². The van der Waals surface area contributed by atoms with Gasteiger partial charge in [0.05, 0.1) is 35.1 Å². The van der Waals surface area contributed by atoms with Crippen LogP contribution in [0, 0.1) is 0 Å². The molecule has 0 atom stereocenters. The molecule has 2 aliphatic heterocycles. The fourth-order valence-electron chi connectivity index (χ4n) is 4.67. The third-order valence-electron chi connectivity index (χ3n) is 6.20. The first kappa shape index (κ1) is 18.2. The first-order chi connectivity index (χ1) is 14.1. The van der Waals surface area contributed by atoms with E-state index in [0.717, 1.165) is 39.0 Å². The Morgan fingerprint density at radius 2 is 1.90 bits per heavy atom. The molecule has 1 amide bonds. The van der Waals surface area contributed by atoms with E-state index < -0.39 is 5.41 Å². The molecule has 4 heterocycles. The number of hydrogen-bond acceptors (Lipinski definition) is 5. The summed E-state index contributed by atoms with van der Waals surface area (Å²) in [5.41, 5.74) is 5.40.